The van der Waals surface area contributed by atoms with E-state index in [1.807, 2.05) is 19.1 Å². The number of likely N-dealkylation sites (N-methyl/N-ethyl adjacent to an activating group) is 1. The van der Waals surface area contributed by atoms with Crippen LogP contribution in [-0.4, -0.2) is 25.3 Å². The number of hydrogen-bond donors (Lipinski definition) is 2. The zero-order valence-corrected chi connectivity index (χ0v) is 15.2. The summed E-state index contributed by atoms with van der Waals surface area (Å²) in [6, 6.07) is 10.4. The first kappa shape index (κ1) is 17.4. The van der Waals surface area contributed by atoms with Crippen molar-refractivity contribution in [1.82, 2.24) is 0 Å². The van der Waals surface area contributed by atoms with Gasteiger partial charge in [0.1, 0.15) is 5.92 Å². The summed E-state index contributed by atoms with van der Waals surface area (Å²) >= 11 is 1.58. The highest BCUT2D eigenvalue weighted by molar-refractivity contribution is 7.12. The van der Waals surface area contributed by atoms with E-state index in [0.717, 1.165) is 35.0 Å². The number of hydrogen-bond acceptors (Lipinski definition) is 5. The van der Waals surface area contributed by atoms with E-state index in [4.69, 9.17) is 5.41 Å². The molecule has 0 aromatic carbocycles. The molecule has 6 heteroatoms. The van der Waals surface area contributed by atoms with Crippen LogP contribution in [0.25, 0.3) is 0 Å². The van der Waals surface area contributed by atoms with Gasteiger partial charge in [-0.1, -0.05) is 0 Å². The Morgan fingerprint density at radius 1 is 1.32 bits per heavy atom. The summed E-state index contributed by atoms with van der Waals surface area (Å²) in [6.07, 6.45) is 2.07. The van der Waals surface area contributed by atoms with Crippen LogP contribution >= 0.6 is 11.3 Å². The van der Waals surface area contributed by atoms with Crippen molar-refractivity contribution in [2.45, 2.75) is 19.8 Å². The van der Waals surface area contributed by atoms with E-state index in [2.05, 4.69) is 31.2 Å². The fourth-order valence-corrected chi connectivity index (χ4v) is 5.29. The average molecular weight is 350 g/mol. The summed E-state index contributed by atoms with van der Waals surface area (Å²) in [5, 5.41) is 38.1. The van der Waals surface area contributed by atoms with Gasteiger partial charge in [0.25, 0.3) is 0 Å². The van der Waals surface area contributed by atoms with Gasteiger partial charge in [0, 0.05) is 21.6 Å². The standard InChI is InChI=1S/C19H19N5S/c1-3-24-7-6-13-14(8-20)18(23)19(10-21,11-22)17(15(13)9-24)16-5-4-12(2)25-16/h4-6,14-15,17,23H,3,7,9H2,1-2H3/p+1/t14?,15-,17+/m0/s1. The van der Waals surface area contributed by atoms with E-state index >= 15 is 0 Å². The molecule has 4 atom stereocenters. The van der Waals surface area contributed by atoms with Crippen molar-refractivity contribution in [1.29, 1.82) is 21.2 Å². The van der Waals surface area contributed by atoms with E-state index in [-0.39, 0.29) is 17.5 Å². The second kappa shape index (κ2) is 6.45. The molecule has 1 aliphatic heterocycles. The van der Waals surface area contributed by atoms with Gasteiger partial charge in [0.05, 0.1) is 43.6 Å². The SMILES string of the molecule is CC[NH+]1CC=C2C(C#N)C(=N)C(C#N)(C#N)[C@@H](c3ccc(C)s3)[C@H]2C1. The number of quaternary nitrogens is 1. The highest BCUT2D eigenvalue weighted by Crippen LogP contribution is 2.53. The van der Waals surface area contributed by atoms with Gasteiger partial charge in [-0.15, -0.1) is 11.3 Å². The van der Waals surface area contributed by atoms with Crippen LogP contribution in [0.3, 0.4) is 0 Å². The predicted octanol–water partition coefficient (Wildman–Crippen LogP) is 1.81. The van der Waals surface area contributed by atoms with E-state index in [0.29, 0.717) is 0 Å². The maximum absolute atomic E-state index is 9.93. The summed E-state index contributed by atoms with van der Waals surface area (Å²) in [6.45, 7) is 6.70. The summed E-state index contributed by atoms with van der Waals surface area (Å²) in [7, 11) is 0. The largest absolute Gasteiger partial charge is 0.331 e. The van der Waals surface area contributed by atoms with Crippen LogP contribution in [0.2, 0.25) is 0 Å². The lowest BCUT2D eigenvalue weighted by atomic mass is 9.55. The molecule has 2 heterocycles. The molecular weight excluding hydrogens is 330 g/mol. The van der Waals surface area contributed by atoms with Gasteiger partial charge in [-0.25, -0.2) is 0 Å². The maximum Gasteiger partial charge on any atom is 0.190 e. The molecule has 1 aromatic rings. The van der Waals surface area contributed by atoms with Crippen LogP contribution in [0.15, 0.2) is 23.8 Å². The summed E-state index contributed by atoms with van der Waals surface area (Å²) in [5.41, 5.74) is -0.698. The molecule has 2 unspecified atom stereocenters. The molecule has 1 aromatic heterocycles. The average Bonchev–Trinajstić information content (AvgIpc) is 3.06. The minimum Gasteiger partial charge on any atom is -0.331 e. The van der Waals surface area contributed by atoms with Crippen molar-refractivity contribution in [2.75, 3.05) is 19.6 Å². The van der Waals surface area contributed by atoms with Crippen LogP contribution < -0.4 is 4.90 Å². The number of nitrogens with zero attached hydrogens (tertiary/aromatic N) is 3. The van der Waals surface area contributed by atoms with Crippen molar-refractivity contribution in [2.24, 2.45) is 17.3 Å². The lowest BCUT2D eigenvalue weighted by Gasteiger charge is -2.45. The Balaban J connectivity index is 2.24. The number of aryl methyl sites for hydroxylation is 1. The second-order valence-electron chi connectivity index (χ2n) is 6.76. The maximum atomic E-state index is 9.93. The Morgan fingerprint density at radius 2 is 2.04 bits per heavy atom. The minimum atomic E-state index is -1.57. The fraction of sp³-hybridized carbons (Fsp3) is 0.474. The third kappa shape index (κ3) is 2.48. The molecule has 0 radical (unpaired) electrons. The Hall–Kier alpha value is -2.46. The molecule has 1 fully saturated rings. The fourth-order valence-electron chi connectivity index (χ4n) is 4.18. The van der Waals surface area contributed by atoms with Crippen molar-refractivity contribution >= 4 is 17.0 Å². The number of nitrogens with one attached hydrogen (secondary N) is 2. The summed E-state index contributed by atoms with van der Waals surface area (Å²) in [4.78, 5) is 3.46. The molecule has 0 bridgehead atoms. The highest BCUT2D eigenvalue weighted by atomic mass is 32.1. The van der Waals surface area contributed by atoms with Crippen molar-refractivity contribution in [3.05, 3.63) is 33.5 Å². The van der Waals surface area contributed by atoms with Crippen LogP contribution in [0.4, 0.5) is 0 Å². The summed E-state index contributed by atoms with van der Waals surface area (Å²) in [5.74, 6) is -1.20. The molecule has 0 amide bonds. The Kier molecular flexibility index (Phi) is 4.48. The molecule has 25 heavy (non-hydrogen) atoms. The number of fused-ring (bicyclic) bond motifs is 1. The predicted molar refractivity (Wildman–Crippen MR) is 95.1 cm³/mol. The highest BCUT2D eigenvalue weighted by Gasteiger charge is 2.58. The quantitative estimate of drug-likeness (QED) is 0.796. The van der Waals surface area contributed by atoms with Gasteiger partial charge in [0.2, 0.25) is 0 Å². The van der Waals surface area contributed by atoms with E-state index in [1.54, 1.807) is 11.3 Å². The molecule has 3 rings (SSSR count). The van der Waals surface area contributed by atoms with Crippen LogP contribution in [0.1, 0.15) is 22.6 Å². The molecule has 1 saturated carbocycles. The number of thiophene rings is 1. The zero-order valence-electron chi connectivity index (χ0n) is 14.3. The van der Waals surface area contributed by atoms with Crippen LogP contribution in [-0.2, 0) is 0 Å². The summed E-state index contributed by atoms with van der Waals surface area (Å²) < 4.78 is 0. The van der Waals surface area contributed by atoms with Crippen LogP contribution in [0.5, 0.6) is 0 Å². The van der Waals surface area contributed by atoms with E-state index in [9.17, 15) is 15.8 Å². The molecule has 0 spiro atoms. The van der Waals surface area contributed by atoms with E-state index in [1.165, 1.54) is 4.90 Å². The second-order valence-corrected chi connectivity index (χ2v) is 8.08. The van der Waals surface area contributed by atoms with Gasteiger partial charge in [-0.05, 0) is 37.6 Å². The number of rotatable bonds is 2. The molecule has 1 aliphatic carbocycles. The first-order valence-corrected chi connectivity index (χ1v) is 9.24. The Morgan fingerprint density at radius 3 is 2.56 bits per heavy atom. The Labute approximate surface area is 151 Å². The number of nitriles is 3. The molecule has 2 aliphatic rings. The molecule has 126 valence electrons. The topological polar surface area (TPSA) is 99.7 Å². The first-order valence-electron chi connectivity index (χ1n) is 8.43. The lowest BCUT2D eigenvalue weighted by Crippen LogP contribution is -3.13. The zero-order chi connectivity index (χ0) is 18.2. The van der Waals surface area contributed by atoms with Gasteiger partial charge in [-0.3, -0.25) is 0 Å². The third-order valence-corrected chi connectivity index (χ3v) is 6.61. The monoisotopic (exact) mass is 350 g/mol. The lowest BCUT2D eigenvalue weighted by molar-refractivity contribution is -0.897. The van der Waals surface area contributed by atoms with Crippen LogP contribution in [0, 0.1) is 63.6 Å². The minimum absolute atomic E-state index is 0.0557. The van der Waals surface area contributed by atoms with Gasteiger partial charge < -0.3 is 10.3 Å². The smallest absolute Gasteiger partial charge is 0.190 e. The van der Waals surface area contributed by atoms with Crippen molar-refractivity contribution in [3.8, 4) is 18.2 Å². The first-order chi connectivity index (χ1) is 12.0. The third-order valence-electron chi connectivity index (χ3n) is 5.53. The molecule has 5 nitrogen and oxygen atoms in total. The van der Waals surface area contributed by atoms with Gasteiger partial charge >= 0.3 is 0 Å². The van der Waals surface area contributed by atoms with Crippen molar-refractivity contribution < 1.29 is 4.90 Å². The van der Waals surface area contributed by atoms with Gasteiger partial charge in [-0.2, -0.15) is 15.8 Å². The normalized spacial score (nSPS) is 30.4. The van der Waals surface area contributed by atoms with Crippen molar-refractivity contribution in [3.63, 3.8) is 0 Å². The van der Waals surface area contributed by atoms with E-state index < -0.39 is 11.3 Å². The molecule has 2 N–H and O–H groups in total. The Bertz CT molecular complexity index is 846. The van der Waals surface area contributed by atoms with Gasteiger partial charge in [0.15, 0.2) is 5.41 Å². The molecule has 0 saturated heterocycles. The molecular formula is C19H20N5S+.